The second kappa shape index (κ2) is 5.59. The predicted octanol–water partition coefficient (Wildman–Crippen LogP) is 0.640. The Morgan fingerprint density at radius 2 is 1.85 bits per heavy atom. The van der Waals surface area contributed by atoms with Gasteiger partial charge in [-0.1, -0.05) is 11.6 Å². The van der Waals surface area contributed by atoms with Gasteiger partial charge in [-0.15, -0.1) is 0 Å². The minimum atomic E-state index is -3.19. The minimum absolute atomic E-state index is 0.165. The highest BCUT2D eigenvalue weighted by molar-refractivity contribution is 7.88. The van der Waals surface area contributed by atoms with Gasteiger partial charge in [0.2, 0.25) is 10.0 Å². The van der Waals surface area contributed by atoms with Crippen molar-refractivity contribution >= 4 is 33.2 Å². The molecule has 1 aliphatic rings. The van der Waals surface area contributed by atoms with Gasteiger partial charge in [-0.25, -0.2) is 8.42 Å². The molecule has 8 heteroatoms. The molecule has 0 spiro atoms. The van der Waals surface area contributed by atoms with Crippen molar-refractivity contribution in [1.82, 2.24) is 9.21 Å². The van der Waals surface area contributed by atoms with E-state index in [4.69, 9.17) is 17.3 Å². The Morgan fingerprint density at radius 1 is 1.25 bits per heavy atom. The molecule has 1 amide bonds. The molecule has 2 rings (SSSR count). The summed E-state index contributed by atoms with van der Waals surface area (Å²) in [4.78, 5) is 13.9. The zero-order valence-electron chi connectivity index (χ0n) is 11.0. The largest absolute Gasteiger partial charge is 0.398 e. The van der Waals surface area contributed by atoms with Crippen molar-refractivity contribution in [2.45, 2.75) is 0 Å². The molecule has 6 nitrogen and oxygen atoms in total. The summed E-state index contributed by atoms with van der Waals surface area (Å²) in [6.45, 7) is 1.37. The predicted molar refractivity (Wildman–Crippen MR) is 78.2 cm³/mol. The van der Waals surface area contributed by atoms with Gasteiger partial charge in [0.05, 0.1) is 17.0 Å². The highest BCUT2D eigenvalue weighted by atomic mass is 35.5. The summed E-state index contributed by atoms with van der Waals surface area (Å²) < 4.78 is 24.2. The Balaban J connectivity index is 2.07. The highest BCUT2D eigenvalue weighted by Crippen LogP contribution is 2.21. The second-order valence-electron chi connectivity index (χ2n) is 4.69. The van der Waals surface area contributed by atoms with Crippen molar-refractivity contribution < 1.29 is 13.2 Å². The maximum Gasteiger partial charge on any atom is 0.254 e. The van der Waals surface area contributed by atoms with Gasteiger partial charge < -0.3 is 10.6 Å². The number of nitrogens with zero attached hydrogens (tertiary/aromatic N) is 2. The van der Waals surface area contributed by atoms with E-state index in [1.165, 1.54) is 16.6 Å². The molecular formula is C12H16ClN3O3S. The van der Waals surface area contributed by atoms with E-state index in [1.54, 1.807) is 17.0 Å². The van der Waals surface area contributed by atoms with Crippen molar-refractivity contribution in [3.8, 4) is 0 Å². The Labute approximate surface area is 123 Å². The van der Waals surface area contributed by atoms with Crippen molar-refractivity contribution in [3.63, 3.8) is 0 Å². The number of rotatable bonds is 2. The van der Waals surface area contributed by atoms with E-state index >= 15 is 0 Å². The molecule has 1 saturated heterocycles. The third-order valence-electron chi connectivity index (χ3n) is 3.24. The van der Waals surface area contributed by atoms with E-state index in [0.29, 0.717) is 42.5 Å². The third-order valence-corrected chi connectivity index (χ3v) is 4.89. The van der Waals surface area contributed by atoms with Gasteiger partial charge in [-0.3, -0.25) is 4.79 Å². The standard InChI is InChI=1S/C12H16ClN3O3S/c1-20(18,19)16-6-4-15(5-7-16)12(17)9-2-3-10(13)11(14)8-9/h2-3,8H,4-7,14H2,1H3. The van der Waals surface area contributed by atoms with Crippen molar-refractivity contribution in [3.05, 3.63) is 28.8 Å². The maximum absolute atomic E-state index is 12.3. The average molecular weight is 318 g/mol. The molecule has 0 saturated carbocycles. The molecule has 0 unspecified atom stereocenters. The molecule has 0 radical (unpaired) electrons. The van der Waals surface area contributed by atoms with Gasteiger partial charge in [0, 0.05) is 31.7 Å². The van der Waals surface area contributed by atoms with Crippen LogP contribution in [0, 0.1) is 0 Å². The second-order valence-corrected chi connectivity index (χ2v) is 7.08. The quantitative estimate of drug-likeness (QED) is 0.811. The fourth-order valence-corrected chi connectivity index (χ4v) is 3.03. The van der Waals surface area contributed by atoms with Crippen LogP contribution in [0.1, 0.15) is 10.4 Å². The Bertz CT molecular complexity index is 625. The lowest BCUT2D eigenvalue weighted by molar-refractivity contribution is 0.0698. The molecular weight excluding hydrogens is 302 g/mol. The van der Waals surface area contributed by atoms with E-state index in [1.807, 2.05) is 0 Å². The molecule has 1 aliphatic heterocycles. The molecule has 0 atom stereocenters. The van der Waals surface area contributed by atoms with Crippen LogP contribution in [0.3, 0.4) is 0 Å². The number of piperazine rings is 1. The minimum Gasteiger partial charge on any atom is -0.398 e. The SMILES string of the molecule is CS(=O)(=O)N1CCN(C(=O)c2ccc(Cl)c(N)c2)CC1. The first-order valence-corrected chi connectivity index (χ1v) is 8.31. The van der Waals surface area contributed by atoms with Gasteiger partial charge in [-0.05, 0) is 18.2 Å². The Morgan fingerprint density at radius 3 is 2.35 bits per heavy atom. The number of anilines is 1. The smallest absolute Gasteiger partial charge is 0.254 e. The van der Waals surface area contributed by atoms with Crippen molar-refractivity contribution in [1.29, 1.82) is 0 Å². The van der Waals surface area contributed by atoms with E-state index in [0.717, 1.165) is 0 Å². The van der Waals surface area contributed by atoms with Crippen LogP contribution in [-0.4, -0.2) is 56.0 Å². The van der Waals surface area contributed by atoms with Crippen LogP contribution >= 0.6 is 11.6 Å². The van der Waals surface area contributed by atoms with E-state index < -0.39 is 10.0 Å². The molecule has 0 aliphatic carbocycles. The van der Waals surface area contributed by atoms with E-state index in [2.05, 4.69) is 0 Å². The van der Waals surface area contributed by atoms with Gasteiger partial charge in [0.1, 0.15) is 0 Å². The maximum atomic E-state index is 12.3. The number of nitrogens with two attached hydrogens (primary N) is 1. The molecule has 1 fully saturated rings. The van der Waals surface area contributed by atoms with Gasteiger partial charge in [0.15, 0.2) is 0 Å². The number of halogens is 1. The lowest BCUT2D eigenvalue weighted by Gasteiger charge is -2.33. The molecule has 1 aromatic rings. The van der Waals surface area contributed by atoms with Crippen molar-refractivity contribution in [2.24, 2.45) is 0 Å². The number of hydrogen-bond donors (Lipinski definition) is 1. The number of sulfonamides is 1. The first kappa shape index (κ1) is 15.1. The number of nitrogen functional groups attached to an aromatic ring is 1. The van der Waals surface area contributed by atoms with Gasteiger partial charge in [0.25, 0.3) is 5.91 Å². The fourth-order valence-electron chi connectivity index (χ4n) is 2.08. The zero-order chi connectivity index (χ0) is 14.9. The summed E-state index contributed by atoms with van der Waals surface area (Å²) >= 11 is 5.82. The number of hydrogen-bond acceptors (Lipinski definition) is 4. The molecule has 0 bridgehead atoms. The summed E-state index contributed by atoms with van der Waals surface area (Å²) in [6, 6.07) is 4.73. The van der Waals surface area contributed by atoms with Crippen LogP contribution in [0.2, 0.25) is 5.02 Å². The fraction of sp³-hybridized carbons (Fsp3) is 0.417. The topological polar surface area (TPSA) is 83.7 Å². The first-order valence-electron chi connectivity index (χ1n) is 6.08. The van der Waals surface area contributed by atoms with Crippen LogP contribution in [0.15, 0.2) is 18.2 Å². The average Bonchev–Trinajstić information content (AvgIpc) is 2.40. The lowest BCUT2D eigenvalue weighted by atomic mass is 10.1. The summed E-state index contributed by atoms with van der Waals surface area (Å²) in [5.41, 5.74) is 6.49. The molecule has 20 heavy (non-hydrogen) atoms. The summed E-state index contributed by atoms with van der Waals surface area (Å²) in [7, 11) is -3.19. The molecule has 2 N–H and O–H groups in total. The van der Waals surface area contributed by atoms with Gasteiger partial charge >= 0.3 is 0 Å². The number of amides is 1. The van der Waals surface area contributed by atoms with Crippen LogP contribution in [0.5, 0.6) is 0 Å². The number of benzene rings is 1. The summed E-state index contributed by atoms with van der Waals surface area (Å²) in [5.74, 6) is -0.165. The molecule has 1 heterocycles. The monoisotopic (exact) mass is 317 g/mol. The number of carbonyl (C=O) groups is 1. The van der Waals surface area contributed by atoms with E-state index in [-0.39, 0.29) is 5.91 Å². The normalized spacial score (nSPS) is 17.2. The van der Waals surface area contributed by atoms with E-state index in [9.17, 15) is 13.2 Å². The lowest BCUT2D eigenvalue weighted by Crippen LogP contribution is -2.50. The van der Waals surface area contributed by atoms with Crippen LogP contribution in [0.25, 0.3) is 0 Å². The number of carbonyl (C=O) groups excluding carboxylic acids is 1. The van der Waals surface area contributed by atoms with Gasteiger partial charge in [-0.2, -0.15) is 4.31 Å². The summed E-state index contributed by atoms with van der Waals surface area (Å²) in [6.07, 6.45) is 1.17. The summed E-state index contributed by atoms with van der Waals surface area (Å²) in [5, 5.41) is 0.406. The molecule has 110 valence electrons. The van der Waals surface area contributed by atoms with Crippen LogP contribution < -0.4 is 5.73 Å². The third kappa shape index (κ3) is 3.23. The van der Waals surface area contributed by atoms with Crippen molar-refractivity contribution in [2.75, 3.05) is 38.2 Å². The highest BCUT2D eigenvalue weighted by Gasteiger charge is 2.26. The molecule has 1 aromatic carbocycles. The zero-order valence-corrected chi connectivity index (χ0v) is 12.6. The Hall–Kier alpha value is -1.31. The Kier molecular flexibility index (Phi) is 4.22. The first-order chi connectivity index (χ1) is 9.29. The van der Waals surface area contributed by atoms with Crippen LogP contribution in [0.4, 0.5) is 5.69 Å². The molecule has 0 aromatic heterocycles. The van der Waals surface area contributed by atoms with Crippen LogP contribution in [-0.2, 0) is 10.0 Å².